The first-order chi connectivity index (χ1) is 13.5. The van der Waals surface area contributed by atoms with Crippen molar-refractivity contribution in [1.29, 1.82) is 0 Å². The van der Waals surface area contributed by atoms with Crippen LogP contribution in [0.25, 0.3) is 0 Å². The maximum atomic E-state index is 12.3. The Morgan fingerprint density at radius 2 is 1.71 bits per heavy atom. The number of hydrogen-bond acceptors (Lipinski definition) is 4. The normalized spacial score (nSPS) is 12.9. The Morgan fingerprint density at radius 1 is 1.04 bits per heavy atom. The highest BCUT2D eigenvalue weighted by molar-refractivity contribution is 6.21. The molecule has 0 unspecified atom stereocenters. The van der Waals surface area contributed by atoms with Crippen LogP contribution in [0, 0.1) is 6.92 Å². The van der Waals surface area contributed by atoms with E-state index in [-0.39, 0.29) is 30.7 Å². The third-order valence-electron chi connectivity index (χ3n) is 4.89. The summed E-state index contributed by atoms with van der Waals surface area (Å²) in [4.78, 5) is 40.1. The summed E-state index contributed by atoms with van der Waals surface area (Å²) in [6, 6.07) is 15.0. The SMILES string of the molecule is CCN(CCNC(=O)CCN1C(=O)c2ccccc2C1=O)c1cccc(C)c1. The molecule has 1 heterocycles. The lowest BCUT2D eigenvalue weighted by Crippen LogP contribution is -2.37. The molecule has 28 heavy (non-hydrogen) atoms. The Morgan fingerprint density at radius 3 is 2.32 bits per heavy atom. The number of likely N-dealkylation sites (N-methyl/N-ethyl adjacent to an activating group) is 1. The summed E-state index contributed by atoms with van der Waals surface area (Å²) < 4.78 is 0. The highest BCUT2D eigenvalue weighted by Crippen LogP contribution is 2.22. The van der Waals surface area contributed by atoms with E-state index in [2.05, 4.69) is 42.3 Å². The Kier molecular flexibility index (Phi) is 6.09. The lowest BCUT2D eigenvalue weighted by molar-refractivity contribution is -0.121. The number of benzene rings is 2. The molecule has 6 heteroatoms. The number of nitrogens with one attached hydrogen (secondary N) is 1. The summed E-state index contributed by atoms with van der Waals surface area (Å²) in [5.41, 5.74) is 3.14. The Labute approximate surface area is 165 Å². The molecule has 2 aromatic carbocycles. The Hall–Kier alpha value is -3.15. The summed E-state index contributed by atoms with van der Waals surface area (Å²) in [6.45, 7) is 6.26. The van der Waals surface area contributed by atoms with Gasteiger partial charge in [-0.2, -0.15) is 0 Å². The summed E-state index contributed by atoms with van der Waals surface area (Å²) in [5, 5.41) is 2.88. The van der Waals surface area contributed by atoms with E-state index in [0.29, 0.717) is 24.2 Å². The van der Waals surface area contributed by atoms with Gasteiger partial charge in [0.1, 0.15) is 0 Å². The van der Waals surface area contributed by atoms with Crippen molar-refractivity contribution in [2.75, 3.05) is 31.1 Å². The van der Waals surface area contributed by atoms with Gasteiger partial charge in [-0.25, -0.2) is 0 Å². The number of aryl methyl sites for hydroxylation is 1. The van der Waals surface area contributed by atoms with Crippen LogP contribution in [0.1, 0.15) is 39.6 Å². The van der Waals surface area contributed by atoms with Gasteiger partial charge in [-0.05, 0) is 43.7 Å². The highest BCUT2D eigenvalue weighted by Gasteiger charge is 2.34. The first-order valence-corrected chi connectivity index (χ1v) is 9.54. The minimum Gasteiger partial charge on any atom is -0.370 e. The minimum atomic E-state index is -0.329. The standard InChI is InChI=1S/C22H25N3O3/c1-3-24(17-8-6-7-16(2)15-17)14-12-23-20(26)11-13-25-21(27)18-9-4-5-10-19(18)22(25)28/h4-10,15H,3,11-14H2,1-2H3,(H,23,26). The second kappa shape index (κ2) is 8.69. The molecule has 2 aromatic rings. The number of anilines is 1. The van der Waals surface area contributed by atoms with E-state index in [0.717, 1.165) is 17.1 Å². The molecule has 0 spiro atoms. The predicted octanol–water partition coefficient (Wildman–Crippen LogP) is 2.62. The molecule has 0 saturated carbocycles. The van der Waals surface area contributed by atoms with Crippen LogP contribution < -0.4 is 10.2 Å². The van der Waals surface area contributed by atoms with Crippen LogP contribution in [-0.4, -0.2) is 48.8 Å². The number of carbonyl (C=O) groups excluding carboxylic acids is 3. The molecule has 0 saturated heterocycles. The molecule has 0 fully saturated rings. The summed E-state index contributed by atoms with van der Waals surface area (Å²) in [6.07, 6.45) is 0.0992. The van der Waals surface area contributed by atoms with Gasteiger partial charge in [-0.1, -0.05) is 24.3 Å². The first-order valence-electron chi connectivity index (χ1n) is 9.54. The second-order valence-corrected chi connectivity index (χ2v) is 6.83. The monoisotopic (exact) mass is 379 g/mol. The fourth-order valence-corrected chi connectivity index (χ4v) is 3.37. The van der Waals surface area contributed by atoms with Crippen LogP contribution in [0.3, 0.4) is 0 Å². The van der Waals surface area contributed by atoms with Crippen molar-refractivity contribution in [3.63, 3.8) is 0 Å². The van der Waals surface area contributed by atoms with Crippen molar-refractivity contribution in [2.24, 2.45) is 0 Å². The predicted molar refractivity (Wildman–Crippen MR) is 109 cm³/mol. The molecule has 0 bridgehead atoms. The zero-order valence-electron chi connectivity index (χ0n) is 16.3. The molecule has 0 atom stereocenters. The maximum Gasteiger partial charge on any atom is 0.261 e. The molecule has 6 nitrogen and oxygen atoms in total. The van der Waals surface area contributed by atoms with Gasteiger partial charge in [-0.3, -0.25) is 19.3 Å². The van der Waals surface area contributed by atoms with E-state index in [4.69, 9.17) is 0 Å². The molecular weight excluding hydrogens is 354 g/mol. The van der Waals surface area contributed by atoms with Crippen LogP contribution in [-0.2, 0) is 4.79 Å². The summed E-state index contributed by atoms with van der Waals surface area (Å²) in [5.74, 6) is -0.827. The molecule has 0 radical (unpaired) electrons. The summed E-state index contributed by atoms with van der Waals surface area (Å²) >= 11 is 0. The van der Waals surface area contributed by atoms with Crippen LogP contribution >= 0.6 is 0 Å². The molecule has 1 aliphatic heterocycles. The number of imide groups is 1. The molecule has 3 rings (SSSR count). The topological polar surface area (TPSA) is 69.7 Å². The summed E-state index contributed by atoms with van der Waals surface area (Å²) in [7, 11) is 0. The van der Waals surface area contributed by atoms with Gasteiger partial charge in [0, 0.05) is 38.3 Å². The lowest BCUT2D eigenvalue weighted by Gasteiger charge is -2.23. The van der Waals surface area contributed by atoms with E-state index < -0.39 is 0 Å². The molecule has 146 valence electrons. The third kappa shape index (κ3) is 4.22. The molecular formula is C22H25N3O3. The maximum absolute atomic E-state index is 12.3. The van der Waals surface area contributed by atoms with Crippen molar-refractivity contribution in [1.82, 2.24) is 10.2 Å². The molecule has 1 aliphatic rings. The number of amides is 3. The van der Waals surface area contributed by atoms with Crippen LogP contribution in [0.5, 0.6) is 0 Å². The van der Waals surface area contributed by atoms with Crippen LogP contribution in [0.2, 0.25) is 0 Å². The average Bonchev–Trinajstić information content (AvgIpc) is 2.94. The first kappa shape index (κ1) is 19.6. The van der Waals surface area contributed by atoms with Gasteiger partial charge in [0.15, 0.2) is 0 Å². The zero-order chi connectivity index (χ0) is 20.1. The Balaban J connectivity index is 1.46. The van der Waals surface area contributed by atoms with E-state index in [1.54, 1.807) is 24.3 Å². The third-order valence-corrected chi connectivity index (χ3v) is 4.89. The Bertz CT molecular complexity index is 859. The quantitative estimate of drug-likeness (QED) is 0.716. The van der Waals surface area contributed by atoms with Gasteiger partial charge >= 0.3 is 0 Å². The van der Waals surface area contributed by atoms with Gasteiger partial charge in [0.05, 0.1) is 11.1 Å². The molecule has 0 aromatic heterocycles. The van der Waals surface area contributed by atoms with Gasteiger partial charge in [0.2, 0.25) is 5.91 Å². The van der Waals surface area contributed by atoms with Crippen LogP contribution in [0.15, 0.2) is 48.5 Å². The number of carbonyl (C=O) groups is 3. The lowest BCUT2D eigenvalue weighted by atomic mass is 10.1. The van der Waals surface area contributed by atoms with E-state index >= 15 is 0 Å². The average molecular weight is 379 g/mol. The minimum absolute atomic E-state index is 0.0908. The second-order valence-electron chi connectivity index (χ2n) is 6.83. The number of nitrogens with zero attached hydrogens (tertiary/aromatic N) is 2. The molecule has 1 N–H and O–H groups in total. The van der Waals surface area contributed by atoms with Crippen molar-refractivity contribution >= 4 is 23.4 Å². The molecule has 0 aliphatic carbocycles. The highest BCUT2D eigenvalue weighted by atomic mass is 16.2. The fourth-order valence-electron chi connectivity index (χ4n) is 3.37. The van der Waals surface area contributed by atoms with Crippen LogP contribution in [0.4, 0.5) is 5.69 Å². The van der Waals surface area contributed by atoms with Gasteiger partial charge < -0.3 is 10.2 Å². The van der Waals surface area contributed by atoms with E-state index in [1.807, 2.05) is 6.07 Å². The van der Waals surface area contributed by atoms with Crippen molar-refractivity contribution in [2.45, 2.75) is 20.3 Å². The number of fused-ring (bicyclic) bond motifs is 1. The fraction of sp³-hybridized carbons (Fsp3) is 0.318. The van der Waals surface area contributed by atoms with Gasteiger partial charge in [0.25, 0.3) is 11.8 Å². The largest absolute Gasteiger partial charge is 0.370 e. The van der Waals surface area contributed by atoms with E-state index in [9.17, 15) is 14.4 Å². The number of rotatable bonds is 8. The smallest absolute Gasteiger partial charge is 0.261 e. The number of hydrogen-bond donors (Lipinski definition) is 1. The van der Waals surface area contributed by atoms with Crippen molar-refractivity contribution < 1.29 is 14.4 Å². The molecule has 3 amide bonds. The van der Waals surface area contributed by atoms with Gasteiger partial charge in [-0.15, -0.1) is 0 Å². The van der Waals surface area contributed by atoms with Crippen molar-refractivity contribution in [3.05, 3.63) is 65.2 Å². The van der Waals surface area contributed by atoms with Crippen molar-refractivity contribution in [3.8, 4) is 0 Å². The zero-order valence-corrected chi connectivity index (χ0v) is 16.3. The van der Waals surface area contributed by atoms with E-state index in [1.165, 1.54) is 5.56 Å².